The molecule has 3 rings (SSSR count). The highest BCUT2D eigenvalue weighted by molar-refractivity contribution is 6.31. The summed E-state index contributed by atoms with van der Waals surface area (Å²) in [6, 6.07) is 15.8. The number of halogens is 1. The van der Waals surface area contributed by atoms with Crippen LogP contribution in [0.15, 0.2) is 60.3 Å². The van der Waals surface area contributed by atoms with Crippen LogP contribution < -0.4 is 15.4 Å². The normalized spacial score (nSPS) is 11.2. The second-order valence-corrected chi connectivity index (χ2v) is 6.24. The number of amides is 2. The van der Waals surface area contributed by atoms with E-state index in [2.05, 4.69) is 15.6 Å². The Morgan fingerprint density at radius 3 is 2.54 bits per heavy atom. The molecule has 0 saturated carbocycles. The standard InChI is InChI=1S/C21H18ClN3O3/c1-23-21(27)18(25-20(26)13-6-4-3-5-7-13)11-15-10-14-8-9-16(28-2)12-17(14)24-19(15)22/h3-12H,1-2H3,(H,23,27)(H,25,26)/b18-11-. The molecule has 2 amide bonds. The van der Waals surface area contributed by atoms with E-state index in [0.29, 0.717) is 22.4 Å². The summed E-state index contributed by atoms with van der Waals surface area (Å²) in [5.74, 6) is -0.180. The first-order valence-corrected chi connectivity index (χ1v) is 8.84. The first-order valence-electron chi connectivity index (χ1n) is 8.46. The Kier molecular flexibility index (Phi) is 5.91. The third kappa shape index (κ3) is 4.29. The van der Waals surface area contributed by atoms with Gasteiger partial charge < -0.3 is 15.4 Å². The molecule has 0 atom stereocenters. The van der Waals surface area contributed by atoms with Crippen molar-refractivity contribution in [2.24, 2.45) is 0 Å². The molecule has 0 aliphatic heterocycles. The van der Waals surface area contributed by atoms with Crippen LogP contribution in [0, 0.1) is 0 Å². The zero-order valence-corrected chi connectivity index (χ0v) is 16.1. The Bertz CT molecular complexity index is 1070. The van der Waals surface area contributed by atoms with Gasteiger partial charge in [-0.25, -0.2) is 4.98 Å². The van der Waals surface area contributed by atoms with Crippen molar-refractivity contribution in [3.63, 3.8) is 0 Å². The van der Waals surface area contributed by atoms with Crippen LogP contribution in [-0.4, -0.2) is 31.0 Å². The Hall–Kier alpha value is -3.38. The number of rotatable bonds is 5. The highest BCUT2D eigenvalue weighted by atomic mass is 35.5. The maximum absolute atomic E-state index is 12.4. The van der Waals surface area contributed by atoms with Crippen molar-refractivity contribution >= 4 is 40.4 Å². The number of ether oxygens (including phenoxy) is 1. The molecule has 142 valence electrons. The molecule has 0 bridgehead atoms. The fourth-order valence-electron chi connectivity index (χ4n) is 2.60. The monoisotopic (exact) mass is 395 g/mol. The molecule has 0 aliphatic carbocycles. The SMILES string of the molecule is CNC(=O)/C(=C/c1cc2ccc(OC)cc2nc1Cl)NC(=O)c1ccccc1. The molecule has 6 nitrogen and oxygen atoms in total. The quantitative estimate of drug-likeness (QED) is 0.512. The maximum atomic E-state index is 12.4. The summed E-state index contributed by atoms with van der Waals surface area (Å²) in [5.41, 5.74) is 1.67. The summed E-state index contributed by atoms with van der Waals surface area (Å²) in [4.78, 5) is 29.1. The molecular formula is C21H18ClN3O3. The van der Waals surface area contributed by atoms with Crippen LogP contribution >= 0.6 is 11.6 Å². The minimum absolute atomic E-state index is 0.0629. The maximum Gasteiger partial charge on any atom is 0.267 e. The Balaban J connectivity index is 1.99. The molecule has 7 heteroatoms. The van der Waals surface area contributed by atoms with E-state index < -0.39 is 11.8 Å². The number of carbonyl (C=O) groups is 2. The molecule has 1 aromatic heterocycles. The average molecular weight is 396 g/mol. The highest BCUT2D eigenvalue weighted by Gasteiger charge is 2.15. The molecule has 28 heavy (non-hydrogen) atoms. The van der Waals surface area contributed by atoms with Gasteiger partial charge >= 0.3 is 0 Å². The van der Waals surface area contributed by atoms with Gasteiger partial charge in [0.15, 0.2) is 0 Å². The molecule has 1 heterocycles. The van der Waals surface area contributed by atoms with Crippen molar-refractivity contribution in [1.82, 2.24) is 15.6 Å². The van der Waals surface area contributed by atoms with Crippen LogP contribution in [0.2, 0.25) is 5.15 Å². The van der Waals surface area contributed by atoms with Gasteiger partial charge in [0, 0.05) is 29.6 Å². The summed E-state index contributed by atoms with van der Waals surface area (Å²) in [7, 11) is 3.06. The number of carbonyl (C=O) groups excluding carboxylic acids is 2. The Labute approximate surface area is 167 Å². The van der Waals surface area contributed by atoms with Gasteiger partial charge in [-0.3, -0.25) is 9.59 Å². The second kappa shape index (κ2) is 8.54. The van der Waals surface area contributed by atoms with Gasteiger partial charge in [-0.2, -0.15) is 0 Å². The van der Waals surface area contributed by atoms with Crippen molar-refractivity contribution in [3.8, 4) is 5.75 Å². The lowest BCUT2D eigenvalue weighted by Gasteiger charge is -2.10. The van der Waals surface area contributed by atoms with E-state index in [-0.39, 0.29) is 10.9 Å². The smallest absolute Gasteiger partial charge is 0.267 e. The fourth-order valence-corrected chi connectivity index (χ4v) is 2.80. The number of benzene rings is 2. The number of fused-ring (bicyclic) bond motifs is 1. The van der Waals surface area contributed by atoms with E-state index in [1.165, 1.54) is 13.1 Å². The first kappa shape index (κ1) is 19.4. The summed E-state index contributed by atoms with van der Waals surface area (Å²) >= 11 is 6.30. The van der Waals surface area contributed by atoms with E-state index in [0.717, 1.165) is 5.39 Å². The number of nitrogens with one attached hydrogen (secondary N) is 2. The summed E-state index contributed by atoms with van der Waals surface area (Å²) in [6.07, 6.45) is 1.50. The van der Waals surface area contributed by atoms with Gasteiger partial charge in [-0.15, -0.1) is 0 Å². The van der Waals surface area contributed by atoms with Gasteiger partial charge in [0.1, 0.15) is 16.6 Å². The van der Waals surface area contributed by atoms with Crippen LogP contribution in [0.5, 0.6) is 5.75 Å². The summed E-state index contributed by atoms with van der Waals surface area (Å²) in [5, 5.41) is 6.17. The predicted molar refractivity (Wildman–Crippen MR) is 109 cm³/mol. The van der Waals surface area contributed by atoms with E-state index in [9.17, 15) is 9.59 Å². The largest absolute Gasteiger partial charge is 0.497 e. The van der Waals surface area contributed by atoms with Gasteiger partial charge in [0.2, 0.25) is 0 Å². The van der Waals surface area contributed by atoms with Gasteiger partial charge in [-0.1, -0.05) is 29.8 Å². The lowest BCUT2D eigenvalue weighted by molar-refractivity contribution is -0.117. The molecular weight excluding hydrogens is 378 g/mol. The minimum atomic E-state index is -0.449. The van der Waals surface area contributed by atoms with Crippen molar-refractivity contribution < 1.29 is 14.3 Å². The van der Waals surface area contributed by atoms with E-state index in [1.807, 2.05) is 18.2 Å². The molecule has 0 unspecified atom stereocenters. The molecule has 2 N–H and O–H groups in total. The lowest BCUT2D eigenvalue weighted by atomic mass is 10.1. The number of hydrogen-bond donors (Lipinski definition) is 2. The topological polar surface area (TPSA) is 80.3 Å². The Morgan fingerprint density at radius 2 is 1.86 bits per heavy atom. The first-order chi connectivity index (χ1) is 13.5. The third-order valence-electron chi connectivity index (χ3n) is 4.06. The van der Waals surface area contributed by atoms with Gasteiger partial charge in [0.25, 0.3) is 11.8 Å². The molecule has 2 aromatic carbocycles. The van der Waals surface area contributed by atoms with Crippen LogP contribution in [0.3, 0.4) is 0 Å². The second-order valence-electron chi connectivity index (χ2n) is 5.88. The van der Waals surface area contributed by atoms with Crippen LogP contribution in [-0.2, 0) is 4.79 Å². The zero-order valence-electron chi connectivity index (χ0n) is 15.3. The molecule has 0 spiro atoms. The van der Waals surface area contributed by atoms with Crippen LogP contribution in [0.4, 0.5) is 0 Å². The minimum Gasteiger partial charge on any atom is -0.497 e. The molecule has 0 radical (unpaired) electrons. The van der Waals surface area contributed by atoms with Crippen LogP contribution in [0.1, 0.15) is 15.9 Å². The predicted octanol–water partition coefficient (Wildman–Crippen LogP) is 3.41. The van der Waals surface area contributed by atoms with Crippen molar-refractivity contribution in [2.45, 2.75) is 0 Å². The number of pyridine rings is 1. The highest BCUT2D eigenvalue weighted by Crippen LogP contribution is 2.25. The molecule has 0 aliphatic rings. The summed E-state index contributed by atoms with van der Waals surface area (Å²) < 4.78 is 5.19. The van der Waals surface area contributed by atoms with Crippen LogP contribution in [0.25, 0.3) is 17.0 Å². The van der Waals surface area contributed by atoms with Crippen molar-refractivity contribution in [2.75, 3.05) is 14.2 Å². The van der Waals surface area contributed by atoms with Gasteiger partial charge in [0.05, 0.1) is 12.6 Å². The Morgan fingerprint density at radius 1 is 1.11 bits per heavy atom. The molecule has 3 aromatic rings. The number of aromatic nitrogens is 1. The zero-order chi connectivity index (χ0) is 20.1. The number of methoxy groups -OCH3 is 1. The van der Waals surface area contributed by atoms with E-state index >= 15 is 0 Å². The fraction of sp³-hybridized carbons (Fsp3) is 0.0952. The average Bonchev–Trinajstić information content (AvgIpc) is 2.73. The third-order valence-corrected chi connectivity index (χ3v) is 4.36. The molecule has 0 fully saturated rings. The number of nitrogens with zero attached hydrogens (tertiary/aromatic N) is 1. The van der Waals surface area contributed by atoms with E-state index in [4.69, 9.17) is 16.3 Å². The molecule has 0 saturated heterocycles. The van der Waals surface area contributed by atoms with Crippen molar-refractivity contribution in [3.05, 3.63) is 76.6 Å². The summed E-state index contributed by atoms with van der Waals surface area (Å²) in [6.45, 7) is 0. The number of hydrogen-bond acceptors (Lipinski definition) is 4. The van der Waals surface area contributed by atoms with Crippen molar-refractivity contribution in [1.29, 1.82) is 0 Å². The number of likely N-dealkylation sites (N-methyl/N-ethyl adjacent to an activating group) is 1. The van der Waals surface area contributed by atoms with E-state index in [1.54, 1.807) is 43.5 Å². The lowest BCUT2D eigenvalue weighted by Crippen LogP contribution is -2.33. The van der Waals surface area contributed by atoms with Gasteiger partial charge in [-0.05, 0) is 36.4 Å².